The summed E-state index contributed by atoms with van der Waals surface area (Å²) in [4.78, 5) is 9.18. The minimum atomic E-state index is -3.03. The van der Waals surface area contributed by atoms with Crippen LogP contribution in [0.2, 0.25) is 0 Å². The molecule has 1 aromatic carbocycles. The number of pyridine rings is 1. The number of hydrogen-bond acceptors (Lipinski definition) is 5. The topological polar surface area (TPSA) is 74.1 Å². The third-order valence-corrected chi connectivity index (χ3v) is 5.73. The van der Waals surface area contributed by atoms with Crippen LogP contribution in [0.1, 0.15) is 13.8 Å². The molecule has 0 aliphatic heterocycles. The van der Waals surface area contributed by atoms with E-state index in [1.165, 1.54) is 23.1 Å². The molecule has 0 radical (unpaired) electrons. The third kappa shape index (κ3) is 4.22. The zero-order chi connectivity index (χ0) is 18.2. The second-order valence-electron chi connectivity index (χ2n) is 6.82. The predicted octanol–water partition coefficient (Wildman–Crippen LogP) is 0.683. The Morgan fingerprint density at radius 1 is 1.28 bits per heavy atom. The van der Waals surface area contributed by atoms with Gasteiger partial charge in [-0.25, -0.2) is 0 Å². The van der Waals surface area contributed by atoms with Gasteiger partial charge >= 0.3 is 156 Å². The van der Waals surface area contributed by atoms with E-state index in [9.17, 15) is 8.42 Å². The summed E-state index contributed by atoms with van der Waals surface area (Å²) in [6.07, 6.45) is 3.03. The van der Waals surface area contributed by atoms with Gasteiger partial charge in [0.2, 0.25) is 0 Å². The maximum atomic E-state index is 11.3. The molecule has 0 bridgehead atoms. The first-order valence-electron chi connectivity index (χ1n) is 7.97. The number of fused-ring (bicyclic) bond motifs is 3. The molecule has 6 nitrogen and oxygen atoms in total. The molecule has 2 aromatic heterocycles. The van der Waals surface area contributed by atoms with Gasteiger partial charge in [0.15, 0.2) is 0 Å². The van der Waals surface area contributed by atoms with Crippen LogP contribution in [-0.4, -0.2) is 64.0 Å². The maximum absolute atomic E-state index is 11.3. The van der Waals surface area contributed by atoms with E-state index in [0.717, 1.165) is 26.4 Å². The van der Waals surface area contributed by atoms with E-state index in [-0.39, 0.29) is 12.4 Å². The third-order valence-electron chi connectivity index (χ3n) is 3.98. The molecule has 0 N–H and O–H groups in total. The monoisotopic (exact) mass is 423 g/mol. The first-order valence-corrected chi connectivity index (χ1v) is 11.2. The van der Waals surface area contributed by atoms with E-state index in [1.54, 1.807) is 0 Å². The number of sulfone groups is 1. The molecule has 3 rings (SSSR count). The van der Waals surface area contributed by atoms with Gasteiger partial charge in [-0.3, -0.25) is 0 Å². The van der Waals surface area contributed by atoms with Crippen molar-refractivity contribution in [2.75, 3.05) is 18.6 Å². The summed E-state index contributed by atoms with van der Waals surface area (Å²) in [6.45, 7) is 4.68. The van der Waals surface area contributed by atoms with Gasteiger partial charge in [-0.2, -0.15) is 0 Å². The van der Waals surface area contributed by atoms with Crippen LogP contribution in [0.5, 0.6) is 0 Å². The number of benzene rings is 1. The predicted molar refractivity (Wildman–Crippen MR) is 103 cm³/mol. The van der Waals surface area contributed by atoms with Gasteiger partial charge in [0.25, 0.3) is 0 Å². The standard InChI is InChI=1S/C17H22AsN3O3S/c1-17(2,24-8-9-25(3,22)23)10-21-11-19-14-15(21)12-6-4-5-7-13(12)20-16(14)18/h4-7,11H,8-10,18H2,1-3H3. The molecule has 0 amide bonds. The fourth-order valence-corrected chi connectivity index (χ4v) is 3.97. The average Bonchev–Trinajstić information content (AvgIpc) is 2.90. The van der Waals surface area contributed by atoms with Crippen molar-refractivity contribution in [2.24, 2.45) is 0 Å². The molecule has 8 heteroatoms. The van der Waals surface area contributed by atoms with Gasteiger partial charge in [-0.05, 0) is 0 Å². The number of hydrogen-bond donors (Lipinski definition) is 0. The normalized spacial score (nSPS) is 13.0. The Labute approximate surface area is 156 Å². The van der Waals surface area contributed by atoms with Crippen LogP contribution < -0.4 is 4.48 Å². The van der Waals surface area contributed by atoms with Crippen molar-refractivity contribution >= 4 is 53.1 Å². The second kappa shape index (κ2) is 6.71. The Kier molecular flexibility index (Phi) is 4.93. The molecule has 0 saturated heterocycles. The summed E-state index contributed by atoms with van der Waals surface area (Å²) in [5.74, 6) is 0.0234. The molecule has 0 fully saturated rings. The number of ether oxygens (including phenoxy) is 1. The molecule has 25 heavy (non-hydrogen) atoms. The van der Waals surface area contributed by atoms with Gasteiger partial charge in [0, 0.05) is 0 Å². The Hall–Kier alpha value is -1.43. The molecule has 0 aliphatic carbocycles. The van der Waals surface area contributed by atoms with E-state index in [2.05, 4.69) is 14.5 Å². The van der Waals surface area contributed by atoms with E-state index in [4.69, 9.17) is 4.74 Å². The van der Waals surface area contributed by atoms with Crippen LogP contribution in [0.15, 0.2) is 30.6 Å². The zero-order valence-electron chi connectivity index (χ0n) is 14.6. The fourth-order valence-electron chi connectivity index (χ4n) is 2.85. The number of aromatic nitrogens is 3. The average molecular weight is 423 g/mol. The van der Waals surface area contributed by atoms with Gasteiger partial charge in [-0.15, -0.1) is 0 Å². The van der Waals surface area contributed by atoms with Crippen molar-refractivity contribution < 1.29 is 13.2 Å². The van der Waals surface area contributed by atoms with Crippen LogP contribution >= 0.6 is 0 Å². The van der Waals surface area contributed by atoms with Crippen molar-refractivity contribution in [1.29, 1.82) is 0 Å². The molecule has 0 aliphatic rings. The van der Waals surface area contributed by atoms with Crippen molar-refractivity contribution in [3.05, 3.63) is 30.6 Å². The van der Waals surface area contributed by atoms with E-state index in [1.807, 2.05) is 44.4 Å². The summed E-state index contributed by atoms with van der Waals surface area (Å²) in [7, 11) is -3.03. The van der Waals surface area contributed by atoms with Crippen LogP contribution in [0, 0.1) is 0 Å². The van der Waals surface area contributed by atoms with Gasteiger partial charge in [0.1, 0.15) is 0 Å². The van der Waals surface area contributed by atoms with Crippen molar-refractivity contribution in [1.82, 2.24) is 14.5 Å². The molecule has 0 spiro atoms. The second-order valence-corrected chi connectivity index (χ2v) is 10.2. The molecular formula is C17H22AsN3O3S. The van der Waals surface area contributed by atoms with Crippen LogP contribution in [0.4, 0.5) is 0 Å². The number of para-hydroxylation sites is 1. The minimum absolute atomic E-state index is 0.0234. The van der Waals surface area contributed by atoms with Gasteiger partial charge in [0.05, 0.1) is 0 Å². The van der Waals surface area contributed by atoms with Crippen molar-refractivity contribution in [3.63, 3.8) is 0 Å². The van der Waals surface area contributed by atoms with Gasteiger partial charge in [-0.1, -0.05) is 0 Å². The fraction of sp³-hybridized carbons (Fsp3) is 0.412. The molecule has 134 valence electrons. The first-order chi connectivity index (χ1) is 11.7. The number of rotatable bonds is 6. The molecule has 0 saturated carbocycles. The van der Waals surface area contributed by atoms with E-state index in [0.29, 0.717) is 6.54 Å². The molecule has 1 atom stereocenters. The summed E-state index contributed by atoms with van der Waals surface area (Å²) in [6, 6.07) is 8.03. The van der Waals surface area contributed by atoms with Crippen LogP contribution in [0.3, 0.4) is 0 Å². The van der Waals surface area contributed by atoms with Crippen molar-refractivity contribution in [2.45, 2.75) is 26.0 Å². The molecule has 1 unspecified atom stereocenters. The van der Waals surface area contributed by atoms with Crippen LogP contribution in [-0.2, 0) is 21.1 Å². The summed E-state index contributed by atoms with van der Waals surface area (Å²) in [5, 5.41) is 1.06. The zero-order valence-corrected chi connectivity index (χ0v) is 17.8. The first kappa shape index (κ1) is 18.4. The Bertz CT molecular complexity index is 1030. The Balaban J connectivity index is 1.94. The Morgan fingerprint density at radius 3 is 2.72 bits per heavy atom. The SMILES string of the molecule is CC(C)(Cn1cnc2c([AsH2])nc3ccccc3c21)OCCS(C)(=O)=O. The summed E-state index contributed by atoms with van der Waals surface area (Å²) in [5.41, 5.74) is 2.39. The quantitative estimate of drug-likeness (QED) is 0.546. The molecule has 3 aromatic rings. The summed E-state index contributed by atoms with van der Waals surface area (Å²) >= 11 is 1.45. The van der Waals surface area contributed by atoms with E-state index >= 15 is 0 Å². The van der Waals surface area contributed by atoms with Crippen molar-refractivity contribution in [3.8, 4) is 0 Å². The van der Waals surface area contributed by atoms with Crippen LogP contribution in [0.25, 0.3) is 21.9 Å². The number of nitrogens with zero attached hydrogens (tertiary/aromatic N) is 3. The van der Waals surface area contributed by atoms with E-state index < -0.39 is 15.4 Å². The van der Waals surface area contributed by atoms with Gasteiger partial charge < -0.3 is 0 Å². The summed E-state index contributed by atoms with van der Waals surface area (Å²) < 4.78 is 31.4. The number of imidazole rings is 1. The molecular weight excluding hydrogens is 401 g/mol. The Morgan fingerprint density at radius 2 is 2.00 bits per heavy atom. The molecule has 2 heterocycles.